The Labute approximate surface area is 166 Å². The van der Waals surface area contributed by atoms with Gasteiger partial charge in [0.25, 0.3) is 0 Å². The van der Waals surface area contributed by atoms with E-state index in [0.29, 0.717) is 30.1 Å². The monoisotopic (exact) mass is 379 g/mol. The number of hydrogen-bond donors (Lipinski definition) is 2. The molecule has 28 heavy (non-hydrogen) atoms. The van der Waals surface area contributed by atoms with E-state index in [2.05, 4.69) is 44.3 Å². The fraction of sp³-hybridized carbons (Fsp3) is 0.458. The number of aryl methyl sites for hydroxylation is 1. The summed E-state index contributed by atoms with van der Waals surface area (Å²) in [5, 5.41) is 13.3. The molecule has 2 N–H and O–H groups in total. The summed E-state index contributed by atoms with van der Waals surface area (Å²) in [5.41, 5.74) is 5.31. The zero-order valence-corrected chi connectivity index (χ0v) is 16.9. The lowest BCUT2D eigenvalue weighted by Crippen LogP contribution is -2.29. The maximum absolute atomic E-state index is 11.6. The van der Waals surface area contributed by atoms with Crippen LogP contribution < -0.4 is 10.1 Å². The van der Waals surface area contributed by atoms with Gasteiger partial charge in [-0.1, -0.05) is 44.0 Å². The van der Waals surface area contributed by atoms with Crippen molar-refractivity contribution < 1.29 is 14.6 Å². The first-order valence-electron chi connectivity index (χ1n) is 10.3. The summed E-state index contributed by atoms with van der Waals surface area (Å²) < 4.78 is 5.88. The highest BCUT2D eigenvalue weighted by Gasteiger charge is 2.40. The van der Waals surface area contributed by atoms with Crippen molar-refractivity contribution in [3.63, 3.8) is 0 Å². The predicted molar refractivity (Wildman–Crippen MR) is 111 cm³/mol. The van der Waals surface area contributed by atoms with Gasteiger partial charge in [-0.25, -0.2) is 4.79 Å². The Kier molecular flexibility index (Phi) is 5.05. The van der Waals surface area contributed by atoms with Crippen LogP contribution in [0.15, 0.2) is 36.4 Å². The molecule has 1 heterocycles. The summed E-state index contributed by atoms with van der Waals surface area (Å²) in [4.78, 5) is 11.6. The minimum atomic E-state index is -0.943. The lowest BCUT2D eigenvalue weighted by molar-refractivity contribution is 0.0691. The number of carboxylic acids is 1. The molecule has 0 amide bonds. The molecular weight excluding hydrogens is 350 g/mol. The van der Waals surface area contributed by atoms with Gasteiger partial charge in [-0.05, 0) is 66.8 Å². The number of hydrogen-bond acceptors (Lipinski definition) is 3. The Hall–Kier alpha value is -2.49. The first-order chi connectivity index (χ1) is 13.4. The highest BCUT2D eigenvalue weighted by molar-refractivity contribution is 5.91. The van der Waals surface area contributed by atoms with Crippen LogP contribution in [0.4, 0.5) is 5.69 Å². The highest BCUT2D eigenvalue weighted by Crippen LogP contribution is 2.53. The van der Waals surface area contributed by atoms with Crippen molar-refractivity contribution in [1.29, 1.82) is 0 Å². The minimum absolute atomic E-state index is 0.187. The van der Waals surface area contributed by atoms with Crippen LogP contribution in [0.3, 0.4) is 0 Å². The van der Waals surface area contributed by atoms with Gasteiger partial charge in [0.1, 0.15) is 11.3 Å². The van der Waals surface area contributed by atoms with E-state index in [4.69, 9.17) is 4.74 Å². The number of aromatic carboxylic acids is 1. The van der Waals surface area contributed by atoms with E-state index in [1.165, 1.54) is 36.1 Å². The molecule has 0 spiro atoms. The van der Waals surface area contributed by atoms with Crippen LogP contribution >= 0.6 is 0 Å². The maximum Gasteiger partial charge on any atom is 0.339 e. The second-order valence-electron chi connectivity index (χ2n) is 8.68. The minimum Gasteiger partial charge on any atom is -0.492 e. The molecule has 2 aromatic carbocycles. The fourth-order valence-electron chi connectivity index (χ4n) is 4.78. The van der Waals surface area contributed by atoms with E-state index >= 15 is 0 Å². The van der Waals surface area contributed by atoms with Gasteiger partial charge in [0.15, 0.2) is 0 Å². The topological polar surface area (TPSA) is 58.6 Å². The smallest absolute Gasteiger partial charge is 0.339 e. The normalized spacial score (nSPS) is 23.1. The Morgan fingerprint density at radius 1 is 1.21 bits per heavy atom. The SMILES string of the molecule is Cc1ccc2c(c1)[C@@H]1CCC[C@@H]1[C@H](c1ccc(C(=O)O)c(OCC(C)C)c1)N2. The first kappa shape index (κ1) is 18.9. The van der Waals surface area contributed by atoms with Crippen LogP contribution in [-0.4, -0.2) is 17.7 Å². The summed E-state index contributed by atoms with van der Waals surface area (Å²) in [6.07, 6.45) is 3.66. The average molecular weight is 380 g/mol. The summed E-state index contributed by atoms with van der Waals surface area (Å²) in [5.74, 6) is 0.974. The third-order valence-corrected chi connectivity index (χ3v) is 6.08. The molecular formula is C24H29NO3. The van der Waals surface area contributed by atoms with E-state index in [1.54, 1.807) is 6.07 Å². The van der Waals surface area contributed by atoms with Gasteiger partial charge in [0.05, 0.1) is 12.6 Å². The number of carboxylic acid groups (broad SMARTS) is 1. The van der Waals surface area contributed by atoms with Crippen LogP contribution in [0.25, 0.3) is 0 Å². The molecule has 0 bridgehead atoms. The van der Waals surface area contributed by atoms with Crippen molar-refractivity contribution >= 4 is 11.7 Å². The Balaban J connectivity index is 1.71. The summed E-state index contributed by atoms with van der Waals surface area (Å²) in [6.45, 7) is 6.79. The molecule has 4 nitrogen and oxygen atoms in total. The van der Waals surface area contributed by atoms with Gasteiger partial charge in [-0.15, -0.1) is 0 Å². The Morgan fingerprint density at radius 2 is 2.04 bits per heavy atom. The van der Waals surface area contributed by atoms with Gasteiger partial charge in [0, 0.05) is 5.69 Å². The molecule has 0 aromatic heterocycles. The maximum atomic E-state index is 11.6. The fourth-order valence-corrected chi connectivity index (χ4v) is 4.78. The third-order valence-electron chi connectivity index (χ3n) is 6.08. The van der Waals surface area contributed by atoms with Gasteiger partial charge >= 0.3 is 5.97 Å². The van der Waals surface area contributed by atoms with E-state index in [9.17, 15) is 9.90 Å². The van der Waals surface area contributed by atoms with Crippen LogP contribution in [0.5, 0.6) is 5.75 Å². The number of anilines is 1. The molecule has 2 aromatic rings. The molecule has 1 aliphatic heterocycles. The van der Waals surface area contributed by atoms with Gasteiger partial charge in [-0.2, -0.15) is 0 Å². The number of carbonyl (C=O) groups is 1. The van der Waals surface area contributed by atoms with Crippen molar-refractivity contribution in [2.45, 2.75) is 52.0 Å². The largest absolute Gasteiger partial charge is 0.492 e. The van der Waals surface area contributed by atoms with Crippen molar-refractivity contribution in [2.24, 2.45) is 11.8 Å². The Morgan fingerprint density at radius 3 is 2.79 bits per heavy atom. The van der Waals surface area contributed by atoms with E-state index in [0.717, 1.165) is 5.56 Å². The molecule has 4 rings (SSSR count). The molecule has 1 saturated carbocycles. The molecule has 0 unspecified atom stereocenters. The van der Waals surface area contributed by atoms with Gasteiger partial charge < -0.3 is 15.2 Å². The quantitative estimate of drug-likeness (QED) is 0.691. The number of nitrogens with one attached hydrogen (secondary N) is 1. The number of fused-ring (bicyclic) bond motifs is 3. The molecule has 148 valence electrons. The molecule has 0 radical (unpaired) electrons. The van der Waals surface area contributed by atoms with Crippen LogP contribution in [-0.2, 0) is 0 Å². The van der Waals surface area contributed by atoms with Crippen molar-refractivity contribution in [3.8, 4) is 5.75 Å². The Bertz CT molecular complexity index is 889. The molecule has 1 aliphatic carbocycles. The molecule has 2 aliphatic rings. The third kappa shape index (κ3) is 3.48. The van der Waals surface area contributed by atoms with Crippen molar-refractivity contribution in [3.05, 3.63) is 58.7 Å². The molecule has 4 heteroatoms. The van der Waals surface area contributed by atoms with Crippen LogP contribution in [0.2, 0.25) is 0 Å². The summed E-state index contributed by atoms with van der Waals surface area (Å²) in [7, 11) is 0. The number of benzene rings is 2. The van der Waals surface area contributed by atoms with Gasteiger partial charge in [-0.3, -0.25) is 0 Å². The van der Waals surface area contributed by atoms with E-state index < -0.39 is 5.97 Å². The van der Waals surface area contributed by atoms with E-state index in [-0.39, 0.29) is 11.6 Å². The van der Waals surface area contributed by atoms with Crippen molar-refractivity contribution in [1.82, 2.24) is 0 Å². The lowest BCUT2D eigenvalue weighted by atomic mass is 9.77. The summed E-state index contributed by atoms with van der Waals surface area (Å²) in [6, 6.07) is 12.5. The van der Waals surface area contributed by atoms with Crippen LogP contribution in [0.1, 0.15) is 72.1 Å². The lowest BCUT2D eigenvalue weighted by Gasteiger charge is -2.38. The highest BCUT2D eigenvalue weighted by atomic mass is 16.5. The molecule has 0 saturated heterocycles. The number of ether oxygens (including phenoxy) is 1. The standard InChI is InChI=1S/C24H29NO3/c1-14(2)13-28-22-12-16(8-9-19(22)24(26)27)23-18-6-4-5-17(18)20-11-15(3)7-10-21(20)25-23/h7-12,14,17-18,23,25H,4-6,13H2,1-3H3,(H,26,27)/t17-,18+,23+/m1/s1. The first-order valence-corrected chi connectivity index (χ1v) is 10.3. The van der Waals surface area contributed by atoms with Gasteiger partial charge in [0.2, 0.25) is 0 Å². The second kappa shape index (κ2) is 7.50. The zero-order valence-electron chi connectivity index (χ0n) is 16.9. The zero-order chi connectivity index (χ0) is 19.8. The van der Waals surface area contributed by atoms with E-state index in [1.807, 2.05) is 12.1 Å². The summed E-state index contributed by atoms with van der Waals surface area (Å²) >= 11 is 0. The van der Waals surface area contributed by atoms with Crippen LogP contribution in [0, 0.1) is 18.8 Å². The molecule has 3 atom stereocenters. The predicted octanol–water partition coefficient (Wildman–Crippen LogP) is 5.78. The second-order valence-corrected chi connectivity index (χ2v) is 8.68. The number of rotatable bonds is 5. The van der Waals surface area contributed by atoms with Crippen molar-refractivity contribution in [2.75, 3.05) is 11.9 Å². The molecule has 1 fully saturated rings. The average Bonchev–Trinajstić information content (AvgIpc) is 3.15.